The molecule has 2 aliphatic rings. The number of rotatable bonds is 1. The van der Waals surface area contributed by atoms with Gasteiger partial charge in [0.1, 0.15) is 0 Å². The normalized spacial score (nSPS) is 28.4. The molecule has 98 valence electrons. The van der Waals surface area contributed by atoms with Gasteiger partial charge >= 0.3 is 0 Å². The second-order valence-electron chi connectivity index (χ2n) is 5.50. The molecule has 0 radical (unpaired) electrons. The van der Waals surface area contributed by atoms with Crippen molar-refractivity contribution in [3.8, 4) is 0 Å². The van der Waals surface area contributed by atoms with Gasteiger partial charge < -0.3 is 14.2 Å². The molecular weight excluding hydrogens is 235 g/mol. The number of fused-ring (bicyclic) bond motifs is 2. The fraction of sp³-hybridized carbons (Fsp3) is 0.615. The zero-order chi connectivity index (χ0) is 12.7. The molecule has 1 amide bonds. The summed E-state index contributed by atoms with van der Waals surface area (Å²) in [6.07, 6.45) is 2.40. The number of furan rings is 1. The number of nitrogens with zero attached hydrogens (tertiary/aromatic N) is 2. The van der Waals surface area contributed by atoms with Crippen LogP contribution in [0.4, 0.5) is 4.39 Å². The zero-order valence-electron chi connectivity index (χ0n) is 10.4. The predicted octanol–water partition coefficient (Wildman–Crippen LogP) is 1.44. The van der Waals surface area contributed by atoms with Crippen molar-refractivity contribution in [3.63, 3.8) is 0 Å². The molecule has 0 aromatic carbocycles. The van der Waals surface area contributed by atoms with E-state index < -0.39 is 5.82 Å². The smallest absolute Gasteiger partial charge is 0.292 e. The Labute approximate surface area is 105 Å². The minimum Gasteiger partial charge on any atom is -0.456 e. The monoisotopic (exact) mass is 252 g/mol. The molecule has 0 spiro atoms. The SMILES string of the molecule is CN1CC2CC(C1)CN(C(=O)c1occc1F)C2. The molecule has 18 heavy (non-hydrogen) atoms. The van der Waals surface area contributed by atoms with E-state index in [1.54, 1.807) is 4.90 Å². The maximum Gasteiger partial charge on any atom is 0.292 e. The molecule has 3 rings (SSSR count). The second kappa shape index (κ2) is 4.39. The molecule has 2 fully saturated rings. The van der Waals surface area contributed by atoms with Crippen LogP contribution in [0.25, 0.3) is 0 Å². The fourth-order valence-electron chi connectivity index (χ4n) is 3.29. The molecule has 2 unspecified atom stereocenters. The third-order valence-electron chi connectivity index (χ3n) is 3.86. The van der Waals surface area contributed by atoms with Gasteiger partial charge in [0.05, 0.1) is 6.26 Å². The molecule has 2 aliphatic heterocycles. The van der Waals surface area contributed by atoms with Gasteiger partial charge in [0, 0.05) is 32.2 Å². The van der Waals surface area contributed by atoms with E-state index in [1.807, 2.05) is 0 Å². The van der Waals surface area contributed by atoms with E-state index in [9.17, 15) is 9.18 Å². The summed E-state index contributed by atoms with van der Waals surface area (Å²) in [6.45, 7) is 3.45. The average Bonchev–Trinajstić information content (AvgIpc) is 2.73. The Balaban J connectivity index is 1.75. The topological polar surface area (TPSA) is 36.7 Å². The highest BCUT2D eigenvalue weighted by molar-refractivity contribution is 5.91. The number of carbonyl (C=O) groups is 1. The molecular formula is C13H17FN2O2. The van der Waals surface area contributed by atoms with Crippen LogP contribution in [0.5, 0.6) is 0 Å². The van der Waals surface area contributed by atoms with Crippen molar-refractivity contribution in [2.75, 3.05) is 33.2 Å². The van der Waals surface area contributed by atoms with E-state index >= 15 is 0 Å². The minimum atomic E-state index is -0.562. The van der Waals surface area contributed by atoms with E-state index in [2.05, 4.69) is 11.9 Å². The molecule has 0 saturated carbocycles. The molecule has 2 atom stereocenters. The summed E-state index contributed by atoms with van der Waals surface area (Å²) < 4.78 is 18.3. The van der Waals surface area contributed by atoms with Crippen LogP contribution in [0.3, 0.4) is 0 Å². The van der Waals surface area contributed by atoms with Crippen LogP contribution in [0.1, 0.15) is 17.0 Å². The first-order chi connectivity index (χ1) is 8.63. The lowest BCUT2D eigenvalue weighted by atomic mass is 9.85. The first-order valence-electron chi connectivity index (χ1n) is 6.34. The lowest BCUT2D eigenvalue weighted by Crippen LogP contribution is -2.53. The number of carbonyl (C=O) groups excluding carboxylic acids is 1. The van der Waals surface area contributed by atoms with Crippen molar-refractivity contribution in [2.45, 2.75) is 6.42 Å². The summed E-state index contributed by atoms with van der Waals surface area (Å²) in [5.74, 6) is -0.0121. The summed E-state index contributed by atoms with van der Waals surface area (Å²) in [6, 6.07) is 1.19. The first kappa shape index (κ1) is 11.7. The lowest BCUT2D eigenvalue weighted by molar-refractivity contribution is 0.0306. The summed E-state index contributed by atoms with van der Waals surface area (Å²) in [7, 11) is 2.11. The van der Waals surface area contributed by atoms with Gasteiger partial charge in [-0.15, -0.1) is 0 Å². The van der Waals surface area contributed by atoms with Gasteiger partial charge in [0.15, 0.2) is 5.82 Å². The summed E-state index contributed by atoms with van der Waals surface area (Å²) in [5.41, 5.74) is 0. The van der Waals surface area contributed by atoms with Gasteiger partial charge in [-0.1, -0.05) is 0 Å². The zero-order valence-corrected chi connectivity index (χ0v) is 10.4. The summed E-state index contributed by atoms with van der Waals surface area (Å²) in [5, 5.41) is 0. The van der Waals surface area contributed by atoms with Crippen LogP contribution in [-0.4, -0.2) is 48.9 Å². The van der Waals surface area contributed by atoms with Gasteiger partial charge in [-0.3, -0.25) is 4.79 Å². The Hall–Kier alpha value is -1.36. The summed E-state index contributed by atoms with van der Waals surface area (Å²) >= 11 is 0. The lowest BCUT2D eigenvalue weighted by Gasteiger charge is -2.44. The predicted molar refractivity (Wildman–Crippen MR) is 63.7 cm³/mol. The maximum atomic E-state index is 13.4. The van der Waals surface area contributed by atoms with Crippen LogP contribution in [0, 0.1) is 17.7 Å². The number of hydrogen-bond acceptors (Lipinski definition) is 3. The van der Waals surface area contributed by atoms with Crippen LogP contribution in [0.15, 0.2) is 16.7 Å². The van der Waals surface area contributed by atoms with Crippen molar-refractivity contribution < 1.29 is 13.6 Å². The first-order valence-corrected chi connectivity index (χ1v) is 6.34. The van der Waals surface area contributed by atoms with Crippen molar-refractivity contribution in [1.82, 2.24) is 9.80 Å². The molecule has 0 N–H and O–H groups in total. The molecule has 2 saturated heterocycles. The number of halogens is 1. The van der Waals surface area contributed by atoms with Gasteiger partial charge in [-0.25, -0.2) is 4.39 Å². The van der Waals surface area contributed by atoms with Gasteiger partial charge in [-0.2, -0.15) is 0 Å². The highest BCUT2D eigenvalue weighted by atomic mass is 19.1. The largest absolute Gasteiger partial charge is 0.456 e. The summed E-state index contributed by atoms with van der Waals surface area (Å²) in [4.78, 5) is 16.2. The van der Waals surface area contributed by atoms with Crippen LogP contribution in [-0.2, 0) is 0 Å². The second-order valence-corrected chi connectivity index (χ2v) is 5.50. The molecule has 4 nitrogen and oxygen atoms in total. The molecule has 5 heteroatoms. The Bertz CT molecular complexity index is 442. The van der Waals surface area contributed by atoms with E-state index in [0.717, 1.165) is 13.1 Å². The Morgan fingerprint density at radius 1 is 1.33 bits per heavy atom. The molecule has 1 aromatic heterocycles. The van der Waals surface area contributed by atoms with Crippen LogP contribution >= 0.6 is 0 Å². The number of likely N-dealkylation sites (tertiary alicyclic amines) is 2. The van der Waals surface area contributed by atoms with E-state index in [0.29, 0.717) is 24.9 Å². The van der Waals surface area contributed by atoms with E-state index in [1.165, 1.54) is 18.8 Å². The van der Waals surface area contributed by atoms with Crippen LogP contribution in [0.2, 0.25) is 0 Å². The van der Waals surface area contributed by atoms with Gasteiger partial charge in [0.2, 0.25) is 5.76 Å². The standard InChI is InChI=1S/C13H17FN2O2/c1-15-5-9-4-10(6-15)8-16(7-9)13(17)12-11(14)2-3-18-12/h2-3,9-10H,4-8H2,1H3. The Morgan fingerprint density at radius 2 is 2.00 bits per heavy atom. The highest BCUT2D eigenvalue weighted by Gasteiger charge is 2.36. The van der Waals surface area contributed by atoms with Crippen molar-refractivity contribution in [2.24, 2.45) is 11.8 Å². The van der Waals surface area contributed by atoms with E-state index in [-0.39, 0.29) is 11.7 Å². The minimum absolute atomic E-state index is 0.150. The average molecular weight is 252 g/mol. The van der Waals surface area contributed by atoms with E-state index in [4.69, 9.17) is 4.42 Å². The number of piperidine rings is 2. The van der Waals surface area contributed by atoms with Gasteiger partial charge in [-0.05, 0) is 25.3 Å². The molecule has 3 heterocycles. The Kier molecular flexibility index (Phi) is 2.86. The van der Waals surface area contributed by atoms with Crippen molar-refractivity contribution in [1.29, 1.82) is 0 Å². The van der Waals surface area contributed by atoms with Crippen LogP contribution < -0.4 is 0 Å². The number of amides is 1. The van der Waals surface area contributed by atoms with Gasteiger partial charge in [0.25, 0.3) is 5.91 Å². The van der Waals surface area contributed by atoms with Crippen molar-refractivity contribution >= 4 is 5.91 Å². The maximum absolute atomic E-state index is 13.4. The fourth-order valence-corrected chi connectivity index (χ4v) is 3.29. The Morgan fingerprint density at radius 3 is 2.56 bits per heavy atom. The molecule has 1 aromatic rings. The molecule has 0 aliphatic carbocycles. The quantitative estimate of drug-likeness (QED) is 0.759. The third kappa shape index (κ3) is 2.03. The molecule has 2 bridgehead atoms. The third-order valence-corrected chi connectivity index (χ3v) is 3.86. The number of hydrogen-bond donors (Lipinski definition) is 0. The highest BCUT2D eigenvalue weighted by Crippen LogP contribution is 2.29. The van der Waals surface area contributed by atoms with Crippen molar-refractivity contribution in [3.05, 3.63) is 23.9 Å².